The molecule has 0 atom stereocenters. The van der Waals surface area contributed by atoms with Gasteiger partial charge in [0.15, 0.2) is 8.07 Å². The zero-order valence-electron chi connectivity index (χ0n) is 48.1. The molecule has 15 aromatic carbocycles. The van der Waals surface area contributed by atoms with Crippen LogP contribution in [0.25, 0.3) is 137 Å². The molecule has 0 saturated carbocycles. The van der Waals surface area contributed by atoms with Crippen molar-refractivity contribution >= 4 is 127 Å². The van der Waals surface area contributed by atoms with Crippen LogP contribution in [-0.4, -0.2) is 21.8 Å². The van der Waals surface area contributed by atoms with Crippen LogP contribution in [0, 0.1) is 0 Å². The van der Waals surface area contributed by atoms with Gasteiger partial charge < -0.3 is 13.7 Å². The van der Waals surface area contributed by atoms with Crippen molar-refractivity contribution in [2.45, 2.75) is 0 Å². The van der Waals surface area contributed by atoms with Crippen molar-refractivity contribution in [3.63, 3.8) is 0 Å². The Balaban J connectivity index is 0.919. The number of benzene rings is 15. The predicted octanol–water partition coefficient (Wildman–Crippen LogP) is 19.1. The van der Waals surface area contributed by atoms with E-state index in [2.05, 4.69) is 347 Å². The highest BCUT2D eigenvalue weighted by molar-refractivity contribution is 7.20. The van der Waals surface area contributed by atoms with Crippen molar-refractivity contribution in [1.29, 1.82) is 0 Å². The number of rotatable bonds is 9. The minimum atomic E-state index is -3.18. The fourth-order valence-electron chi connectivity index (χ4n) is 15.2. The Kier molecular flexibility index (Phi) is 11.3. The molecule has 0 aliphatic heterocycles. The van der Waals surface area contributed by atoms with Crippen LogP contribution in [0.15, 0.2) is 334 Å². The van der Waals surface area contributed by atoms with E-state index in [1.165, 1.54) is 130 Å². The number of aromatic nitrogens is 3. The maximum atomic E-state index is 2.57. The van der Waals surface area contributed by atoms with Crippen LogP contribution >= 0.6 is 0 Å². The minimum Gasteiger partial charge on any atom is -0.309 e. The van der Waals surface area contributed by atoms with Gasteiger partial charge >= 0.3 is 0 Å². The van der Waals surface area contributed by atoms with Crippen molar-refractivity contribution < 1.29 is 0 Å². The summed E-state index contributed by atoms with van der Waals surface area (Å²) in [5, 5.41) is 20.2. The minimum absolute atomic E-state index is 1.12. The maximum Gasteiger partial charge on any atom is 0.179 e. The molecule has 0 aliphatic carbocycles. The molecular formula is C84H55N3Si. The van der Waals surface area contributed by atoms with Gasteiger partial charge in [-0.15, -0.1) is 0 Å². The highest BCUT2D eigenvalue weighted by atomic mass is 28.3. The van der Waals surface area contributed by atoms with Crippen molar-refractivity contribution in [2.75, 3.05) is 0 Å². The molecular weight excluding hydrogens is 1080 g/mol. The fraction of sp³-hybridized carbons (Fsp3) is 0. The van der Waals surface area contributed by atoms with E-state index in [0.717, 1.165) is 28.1 Å². The van der Waals surface area contributed by atoms with E-state index in [1.807, 2.05) is 0 Å². The molecule has 0 amide bonds. The Morgan fingerprint density at radius 2 is 0.534 bits per heavy atom. The molecule has 3 aromatic heterocycles. The molecule has 0 unspecified atom stereocenters. The largest absolute Gasteiger partial charge is 0.309 e. The third-order valence-corrected chi connectivity index (χ3v) is 23.6. The summed E-state index contributed by atoms with van der Waals surface area (Å²) >= 11 is 0. The molecule has 0 bridgehead atoms. The molecule has 3 nitrogen and oxygen atoms in total. The van der Waals surface area contributed by atoms with Gasteiger partial charge in [-0.25, -0.2) is 0 Å². The van der Waals surface area contributed by atoms with Gasteiger partial charge in [-0.1, -0.05) is 255 Å². The Labute approximate surface area is 510 Å². The van der Waals surface area contributed by atoms with Gasteiger partial charge in [-0.3, -0.25) is 0 Å². The summed E-state index contributed by atoms with van der Waals surface area (Å²) in [6.45, 7) is 0. The van der Waals surface area contributed by atoms with E-state index in [-0.39, 0.29) is 0 Å². The number of hydrogen-bond acceptors (Lipinski definition) is 0. The van der Waals surface area contributed by atoms with Crippen LogP contribution in [0.4, 0.5) is 0 Å². The predicted molar refractivity (Wildman–Crippen MR) is 376 cm³/mol. The second-order valence-electron chi connectivity index (χ2n) is 23.5. The second-order valence-corrected chi connectivity index (χ2v) is 27.3. The molecule has 18 aromatic rings. The second kappa shape index (κ2) is 19.9. The van der Waals surface area contributed by atoms with Crippen molar-refractivity contribution in [1.82, 2.24) is 13.7 Å². The molecule has 0 fully saturated rings. The highest BCUT2D eigenvalue weighted by Gasteiger charge is 2.42. The van der Waals surface area contributed by atoms with Gasteiger partial charge in [0.05, 0.1) is 33.1 Å². The molecule has 0 spiro atoms. The van der Waals surface area contributed by atoms with E-state index < -0.39 is 8.07 Å². The lowest BCUT2D eigenvalue weighted by Crippen LogP contribution is -2.74. The quantitative estimate of drug-likeness (QED) is 0.0777. The average molecular weight is 1130 g/mol. The first-order chi connectivity index (χ1) is 43.7. The van der Waals surface area contributed by atoms with Gasteiger partial charge in [0.2, 0.25) is 0 Å². The lowest BCUT2D eigenvalue weighted by atomic mass is 9.92. The van der Waals surface area contributed by atoms with Crippen LogP contribution in [0.1, 0.15) is 0 Å². The monoisotopic (exact) mass is 1130 g/mol. The molecule has 0 N–H and O–H groups in total. The average Bonchev–Trinajstić information content (AvgIpc) is 1.89. The summed E-state index contributed by atoms with van der Waals surface area (Å²) < 4.78 is 7.49. The first kappa shape index (κ1) is 50.1. The van der Waals surface area contributed by atoms with Crippen molar-refractivity contribution in [2.24, 2.45) is 0 Å². The first-order valence-corrected chi connectivity index (χ1v) is 32.5. The molecule has 18 rings (SSSR count). The Morgan fingerprint density at radius 1 is 0.170 bits per heavy atom. The van der Waals surface area contributed by atoms with Gasteiger partial charge in [0.1, 0.15) is 0 Å². The number of nitrogens with zero attached hydrogens (tertiary/aromatic N) is 3. The summed E-state index contributed by atoms with van der Waals surface area (Å²) in [4.78, 5) is 0. The van der Waals surface area contributed by atoms with Crippen LogP contribution in [0.5, 0.6) is 0 Å². The molecule has 4 heteroatoms. The number of para-hydroxylation sites is 3. The summed E-state index contributed by atoms with van der Waals surface area (Å²) in [6.07, 6.45) is 0. The summed E-state index contributed by atoms with van der Waals surface area (Å²) in [5.41, 5.74) is 15.2. The van der Waals surface area contributed by atoms with E-state index in [4.69, 9.17) is 0 Å². The third kappa shape index (κ3) is 7.49. The Hall–Kier alpha value is -11.3. The smallest absolute Gasteiger partial charge is 0.179 e. The van der Waals surface area contributed by atoms with Crippen LogP contribution in [0.3, 0.4) is 0 Å². The van der Waals surface area contributed by atoms with E-state index in [9.17, 15) is 0 Å². The summed E-state index contributed by atoms with van der Waals surface area (Å²) in [7, 11) is -3.18. The van der Waals surface area contributed by atoms with Crippen LogP contribution < -0.4 is 20.7 Å². The Morgan fingerprint density at radius 3 is 1.07 bits per heavy atom. The van der Waals surface area contributed by atoms with E-state index in [0.29, 0.717) is 0 Å². The van der Waals surface area contributed by atoms with Gasteiger partial charge in [-0.05, 0) is 149 Å². The van der Waals surface area contributed by atoms with Crippen molar-refractivity contribution in [3.05, 3.63) is 334 Å². The summed E-state index contributed by atoms with van der Waals surface area (Å²) in [6, 6.07) is 125. The molecule has 0 radical (unpaired) electrons. The standard InChI is InChI=1S/C84H55N3Si/c1-5-24-56(25-6-1)58-50-59(57-26-7-2-8-27-57)52-66(51-58)88(63-29-9-3-10-30-63,64-31-11-4-12-32-64)65-33-23-28-60(53-65)87-81-48-45-62(55-76(81)84-82(87)49-46-74-69-36-14-13-34-67(69)68-35-15-16-40-73(68)83(74)84)86-79-43-22-19-39-72(79)75-54-61(44-47-80(75)86)85-77-41-20-17-37-70(77)71-38-18-21-42-78(71)85/h1-55H. The lowest BCUT2D eigenvalue weighted by Gasteiger charge is -2.35. The maximum absolute atomic E-state index is 3.18. The topological polar surface area (TPSA) is 14.8 Å². The third-order valence-electron chi connectivity index (χ3n) is 18.9. The molecule has 88 heavy (non-hydrogen) atoms. The van der Waals surface area contributed by atoms with E-state index >= 15 is 0 Å². The van der Waals surface area contributed by atoms with Gasteiger partial charge in [-0.2, -0.15) is 0 Å². The van der Waals surface area contributed by atoms with Crippen LogP contribution in [-0.2, 0) is 0 Å². The fourth-order valence-corrected chi connectivity index (χ4v) is 20.0. The number of fused-ring (bicyclic) bond motifs is 16. The molecule has 0 saturated heterocycles. The SMILES string of the molecule is c1ccc(-c2cc(-c3ccccc3)cc([Si](c3ccccc3)(c3ccccc3)c3cccc(-n4c5ccc(-n6c7ccccc7c7cc(-n8c9ccccc9c9ccccc98)ccc76)cc5c5c6c7ccccc7c7ccccc7c6ccc54)c3)c2)cc1. The zero-order chi connectivity index (χ0) is 57.9. The Bertz CT molecular complexity index is 5610. The molecule has 0 aliphatic rings. The first-order valence-electron chi connectivity index (χ1n) is 30.5. The summed E-state index contributed by atoms with van der Waals surface area (Å²) in [5.74, 6) is 0. The van der Waals surface area contributed by atoms with Gasteiger partial charge in [0.25, 0.3) is 0 Å². The molecule has 3 heterocycles. The molecule has 410 valence electrons. The normalized spacial score (nSPS) is 12.1. The highest BCUT2D eigenvalue weighted by Crippen LogP contribution is 2.45. The van der Waals surface area contributed by atoms with E-state index in [1.54, 1.807) is 0 Å². The lowest BCUT2D eigenvalue weighted by molar-refractivity contribution is 1.16. The number of hydrogen-bond donors (Lipinski definition) is 0. The van der Waals surface area contributed by atoms with Crippen LogP contribution in [0.2, 0.25) is 0 Å². The van der Waals surface area contributed by atoms with Crippen molar-refractivity contribution in [3.8, 4) is 39.3 Å². The zero-order valence-corrected chi connectivity index (χ0v) is 49.1. The van der Waals surface area contributed by atoms with Gasteiger partial charge in [0, 0.05) is 54.8 Å².